The van der Waals surface area contributed by atoms with Gasteiger partial charge in [-0.05, 0) is 27.7 Å². The molecule has 0 aromatic heterocycles. The minimum absolute atomic E-state index is 0.0535. The molecular weight excluding hydrogens is 186 g/mol. The molecule has 13 heavy (non-hydrogen) atoms. The summed E-state index contributed by atoms with van der Waals surface area (Å²) in [5, 5.41) is 0. The lowest BCUT2D eigenvalue weighted by Crippen LogP contribution is -2.55. The van der Waals surface area contributed by atoms with E-state index in [4.69, 9.17) is 16.3 Å². The number of alkyl halides is 1. The largest absolute Gasteiger partial charge is 0.368 e. The fourth-order valence-electron chi connectivity index (χ4n) is 1.81. The van der Waals surface area contributed by atoms with Crippen LogP contribution in [0.4, 0.5) is 0 Å². The van der Waals surface area contributed by atoms with Crippen molar-refractivity contribution in [2.24, 2.45) is 0 Å². The summed E-state index contributed by atoms with van der Waals surface area (Å²) in [6.07, 6.45) is 0.188. The number of ether oxygens (including phenoxy) is 1. The molecule has 1 aliphatic rings. The monoisotopic (exact) mass is 205 g/mol. The molecule has 1 saturated heterocycles. The van der Waals surface area contributed by atoms with Crippen LogP contribution in [0.15, 0.2) is 0 Å². The van der Waals surface area contributed by atoms with E-state index in [0.29, 0.717) is 11.9 Å². The van der Waals surface area contributed by atoms with Crippen LogP contribution in [0, 0.1) is 0 Å². The van der Waals surface area contributed by atoms with Crippen LogP contribution in [-0.2, 0) is 4.74 Å². The molecule has 0 aromatic rings. The van der Waals surface area contributed by atoms with E-state index in [9.17, 15) is 0 Å². The van der Waals surface area contributed by atoms with Gasteiger partial charge in [-0.2, -0.15) is 0 Å². The van der Waals surface area contributed by atoms with Crippen LogP contribution in [0.25, 0.3) is 0 Å². The van der Waals surface area contributed by atoms with Gasteiger partial charge in [-0.15, -0.1) is 11.6 Å². The van der Waals surface area contributed by atoms with Gasteiger partial charge in [0, 0.05) is 25.0 Å². The van der Waals surface area contributed by atoms with Gasteiger partial charge in [-0.25, -0.2) is 0 Å². The van der Waals surface area contributed by atoms with Crippen LogP contribution < -0.4 is 0 Å². The molecule has 1 rings (SSSR count). The van der Waals surface area contributed by atoms with Crippen LogP contribution in [0.5, 0.6) is 0 Å². The number of rotatable bonds is 2. The van der Waals surface area contributed by atoms with E-state index in [0.717, 1.165) is 13.1 Å². The Balaban J connectivity index is 2.60. The van der Waals surface area contributed by atoms with Gasteiger partial charge in [0.2, 0.25) is 0 Å². The third-order valence-corrected chi connectivity index (χ3v) is 2.75. The highest BCUT2D eigenvalue weighted by molar-refractivity contribution is 6.18. The average Bonchev–Trinajstić information content (AvgIpc) is 2.01. The van der Waals surface area contributed by atoms with Crippen molar-refractivity contribution in [2.45, 2.75) is 45.4 Å². The molecule has 0 radical (unpaired) electrons. The first kappa shape index (κ1) is 11.3. The summed E-state index contributed by atoms with van der Waals surface area (Å²) in [7, 11) is 0. The summed E-state index contributed by atoms with van der Waals surface area (Å²) in [4.78, 5) is 2.43. The Morgan fingerprint density at radius 3 is 2.62 bits per heavy atom. The second-order valence-electron chi connectivity index (χ2n) is 4.68. The molecule has 0 saturated carbocycles. The number of nitrogens with zero attached hydrogens (tertiary/aromatic N) is 1. The van der Waals surface area contributed by atoms with E-state index in [2.05, 4.69) is 32.6 Å². The predicted molar refractivity (Wildman–Crippen MR) is 56.4 cm³/mol. The van der Waals surface area contributed by atoms with Gasteiger partial charge < -0.3 is 4.74 Å². The summed E-state index contributed by atoms with van der Waals surface area (Å²) in [5.74, 6) is 0.590. The number of morpholine rings is 1. The maximum atomic E-state index is 5.83. The molecule has 0 amide bonds. The van der Waals surface area contributed by atoms with Crippen LogP contribution in [-0.4, -0.2) is 41.6 Å². The van der Waals surface area contributed by atoms with Crippen LogP contribution in [0.2, 0.25) is 0 Å². The normalized spacial score (nSPS) is 29.5. The molecule has 78 valence electrons. The molecule has 1 heterocycles. The summed E-state index contributed by atoms with van der Waals surface area (Å²) in [6, 6.07) is 0.578. The minimum atomic E-state index is -0.0535. The van der Waals surface area contributed by atoms with Gasteiger partial charge in [0.15, 0.2) is 0 Å². The van der Waals surface area contributed by atoms with Crippen molar-refractivity contribution >= 4 is 11.6 Å². The maximum absolute atomic E-state index is 5.83. The minimum Gasteiger partial charge on any atom is -0.368 e. The SMILES string of the molecule is CC(C)N1CC(CCl)OC(C)(C)C1. The van der Waals surface area contributed by atoms with Crippen molar-refractivity contribution in [1.82, 2.24) is 4.90 Å². The van der Waals surface area contributed by atoms with Crippen molar-refractivity contribution in [3.63, 3.8) is 0 Å². The van der Waals surface area contributed by atoms with Crippen LogP contribution in [0.3, 0.4) is 0 Å². The summed E-state index contributed by atoms with van der Waals surface area (Å²) in [6.45, 7) is 10.6. The second kappa shape index (κ2) is 4.16. The summed E-state index contributed by atoms with van der Waals surface area (Å²) >= 11 is 5.83. The van der Waals surface area contributed by atoms with Crippen molar-refractivity contribution in [3.05, 3.63) is 0 Å². The third-order valence-electron chi connectivity index (χ3n) is 2.41. The molecule has 1 aliphatic heterocycles. The third kappa shape index (κ3) is 3.12. The molecule has 0 aliphatic carbocycles. The summed E-state index contributed by atoms with van der Waals surface area (Å²) < 4.78 is 5.83. The number of hydrogen-bond acceptors (Lipinski definition) is 2. The Morgan fingerprint density at radius 2 is 2.15 bits per heavy atom. The summed E-state index contributed by atoms with van der Waals surface area (Å²) in [5.41, 5.74) is -0.0535. The first-order chi connectivity index (χ1) is 5.94. The van der Waals surface area contributed by atoms with Crippen molar-refractivity contribution in [2.75, 3.05) is 19.0 Å². The van der Waals surface area contributed by atoms with E-state index in [1.54, 1.807) is 0 Å². The zero-order chi connectivity index (χ0) is 10.1. The smallest absolute Gasteiger partial charge is 0.0845 e. The Morgan fingerprint density at radius 1 is 1.54 bits per heavy atom. The molecule has 0 spiro atoms. The van der Waals surface area contributed by atoms with Crippen LogP contribution >= 0.6 is 11.6 Å². The highest BCUT2D eigenvalue weighted by atomic mass is 35.5. The zero-order valence-electron chi connectivity index (χ0n) is 9.01. The van der Waals surface area contributed by atoms with Gasteiger partial charge in [0.1, 0.15) is 0 Å². The second-order valence-corrected chi connectivity index (χ2v) is 4.99. The van der Waals surface area contributed by atoms with Gasteiger partial charge in [0.25, 0.3) is 0 Å². The Bertz CT molecular complexity index is 170. The topological polar surface area (TPSA) is 12.5 Å². The molecule has 1 unspecified atom stereocenters. The Labute approximate surface area is 86.2 Å². The molecule has 0 bridgehead atoms. The molecular formula is C10H20ClNO. The van der Waals surface area contributed by atoms with Gasteiger partial charge >= 0.3 is 0 Å². The number of halogens is 1. The first-order valence-corrected chi connectivity index (χ1v) is 5.46. The lowest BCUT2D eigenvalue weighted by Gasteiger charge is -2.44. The first-order valence-electron chi connectivity index (χ1n) is 4.92. The Kier molecular flexibility index (Phi) is 3.61. The molecule has 0 N–H and O–H groups in total. The van der Waals surface area contributed by atoms with Gasteiger partial charge in [-0.1, -0.05) is 0 Å². The lowest BCUT2D eigenvalue weighted by molar-refractivity contribution is -0.133. The van der Waals surface area contributed by atoms with E-state index in [-0.39, 0.29) is 11.7 Å². The number of hydrogen-bond donors (Lipinski definition) is 0. The van der Waals surface area contributed by atoms with E-state index in [1.165, 1.54) is 0 Å². The predicted octanol–water partition coefficient (Wildman–Crippen LogP) is 2.11. The van der Waals surface area contributed by atoms with Crippen molar-refractivity contribution in [1.29, 1.82) is 0 Å². The highest BCUT2D eigenvalue weighted by Crippen LogP contribution is 2.22. The van der Waals surface area contributed by atoms with Crippen LogP contribution in [0.1, 0.15) is 27.7 Å². The fraction of sp³-hybridized carbons (Fsp3) is 1.00. The van der Waals surface area contributed by atoms with Crippen molar-refractivity contribution < 1.29 is 4.74 Å². The lowest BCUT2D eigenvalue weighted by atomic mass is 10.0. The standard InChI is InChI=1S/C10H20ClNO/c1-8(2)12-6-9(5-11)13-10(3,4)7-12/h8-9H,5-7H2,1-4H3. The van der Waals surface area contributed by atoms with E-state index < -0.39 is 0 Å². The Hall–Kier alpha value is 0.210. The molecule has 1 fully saturated rings. The van der Waals surface area contributed by atoms with Crippen molar-refractivity contribution in [3.8, 4) is 0 Å². The zero-order valence-corrected chi connectivity index (χ0v) is 9.77. The van der Waals surface area contributed by atoms with Gasteiger partial charge in [0.05, 0.1) is 11.7 Å². The van der Waals surface area contributed by atoms with E-state index in [1.807, 2.05) is 0 Å². The maximum Gasteiger partial charge on any atom is 0.0845 e. The quantitative estimate of drug-likeness (QED) is 0.641. The molecule has 0 aromatic carbocycles. The molecule has 1 atom stereocenters. The highest BCUT2D eigenvalue weighted by Gasteiger charge is 2.33. The van der Waals surface area contributed by atoms with Gasteiger partial charge in [-0.3, -0.25) is 4.90 Å². The average molecular weight is 206 g/mol. The van der Waals surface area contributed by atoms with E-state index >= 15 is 0 Å². The fourth-order valence-corrected chi connectivity index (χ4v) is 1.98. The molecule has 2 nitrogen and oxygen atoms in total. The molecule has 3 heteroatoms.